The summed E-state index contributed by atoms with van der Waals surface area (Å²) in [7, 11) is 1.91. The number of fused-ring (bicyclic) bond motifs is 1. The van der Waals surface area contributed by atoms with Gasteiger partial charge in [-0.2, -0.15) is 0 Å². The molecular formula is C23H28N4O3S3. The number of aromatic nitrogens is 3. The van der Waals surface area contributed by atoms with Crippen LogP contribution in [0.4, 0.5) is 5.00 Å². The predicted molar refractivity (Wildman–Crippen MR) is 135 cm³/mol. The molecule has 3 heterocycles. The third kappa shape index (κ3) is 5.02. The van der Waals surface area contributed by atoms with E-state index in [0.717, 1.165) is 42.6 Å². The lowest BCUT2D eigenvalue weighted by molar-refractivity contribution is -0.113. The number of thioether (sulfide) groups is 1. The smallest absolute Gasteiger partial charge is 0.341 e. The van der Waals surface area contributed by atoms with Gasteiger partial charge in [0.25, 0.3) is 0 Å². The standard InChI is InChI=1S/C23H28N4O3S3/c1-12(2)30-22(29)19-15-8-6-7-9-17(15)33-21(19)24-18(28)11-32-23-26-25-20(27(23)5)16-10-31-14(4)13(16)3/h10,12H,6-9,11H2,1-5H3,(H,24,28). The van der Waals surface area contributed by atoms with E-state index in [1.54, 1.807) is 11.3 Å². The maximum Gasteiger partial charge on any atom is 0.341 e. The Balaban J connectivity index is 1.47. The normalized spacial score (nSPS) is 13.3. The highest BCUT2D eigenvalue weighted by atomic mass is 32.2. The van der Waals surface area contributed by atoms with Crippen LogP contribution >= 0.6 is 34.4 Å². The average molecular weight is 505 g/mol. The van der Waals surface area contributed by atoms with Crippen LogP contribution in [0.15, 0.2) is 10.5 Å². The van der Waals surface area contributed by atoms with Gasteiger partial charge < -0.3 is 14.6 Å². The van der Waals surface area contributed by atoms with Crippen molar-refractivity contribution in [3.05, 3.63) is 31.8 Å². The summed E-state index contributed by atoms with van der Waals surface area (Å²) in [6, 6.07) is 0. The van der Waals surface area contributed by atoms with Gasteiger partial charge in [-0.05, 0) is 64.5 Å². The summed E-state index contributed by atoms with van der Waals surface area (Å²) < 4.78 is 7.39. The second-order valence-electron chi connectivity index (χ2n) is 8.40. The van der Waals surface area contributed by atoms with E-state index in [9.17, 15) is 9.59 Å². The van der Waals surface area contributed by atoms with E-state index in [1.165, 1.54) is 38.4 Å². The molecule has 0 saturated carbocycles. The van der Waals surface area contributed by atoms with Crippen molar-refractivity contribution in [2.45, 2.75) is 64.6 Å². The van der Waals surface area contributed by atoms with Crippen molar-refractivity contribution in [3.63, 3.8) is 0 Å². The lowest BCUT2D eigenvalue weighted by Gasteiger charge is -2.14. The van der Waals surface area contributed by atoms with E-state index >= 15 is 0 Å². The first-order valence-corrected chi connectivity index (χ1v) is 13.7. The van der Waals surface area contributed by atoms with Crippen LogP contribution < -0.4 is 5.32 Å². The van der Waals surface area contributed by atoms with Crippen molar-refractivity contribution in [1.82, 2.24) is 14.8 Å². The van der Waals surface area contributed by atoms with Crippen molar-refractivity contribution >= 4 is 51.3 Å². The van der Waals surface area contributed by atoms with E-state index in [2.05, 4.69) is 34.7 Å². The van der Waals surface area contributed by atoms with Crippen molar-refractivity contribution in [2.24, 2.45) is 7.05 Å². The van der Waals surface area contributed by atoms with Crippen LogP contribution in [0.25, 0.3) is 11.4 Å². The first-order valence-electron chi connectivity index (χ1n) is 11.0. The van der Waals surface area contributed by atoms with E-state index in [-0.39, 0.29) is 23.7 Å². The van der Waals surface area contributed by atoms with Gasteiger partial charge in [0.05, 0.1) is 17.4 Å². The maximum absolute atomic E-state index is 12.8. The maximum atomic E-state index is 12.8. The fourth-order valence-electron chi connectivity index (χ4n) is 3.84. The molecule has 0 fully saturated rings. The van der Waals surface area contributed by atoms with Crippen molar-refractivity contribution in [3.8, 4) is 11.4 Å². The first-order chi connectivity index (χ1) is 15.8. The van der Waals surface area contributed by atoms with Gasteiger partial charge in [0.2, 0.25) is 5.91 Å². The van der Waals surface area contributed by atoms with Gasteiger partial charge in [-0.15, -0.1) is 32.9 Å². The Labute approximate surface area is 206 Å². The Morgan fingerprint density at radius 3 is 2.70 bits per heavy atom. The lowest BCUT2D eigenvalue weighted by atomic mass is 9.95. The monoisotopic (exact) mass is 504 g/mol. The first kappa shape index (κ1) is 24.0. The van der Waals surface area contributed by atoms with Crippen LogP contribution in [0.1, 0.15) is 57.9 Å². The molecule has 33 heavy (non-hydrogen) atoms. The fourth-order valence-corrected chi connectivity index (χ4v) is 6.71. The molecule has 0 bridgehead atoms. The number of nitrogens with one attached hydrogen (secondary N) is 1. The Bertz CT molecular complexity index is 1190. The molecule has 0 atom stereocenters. The number of esters is 1. The average Bonchev–Trinajstić information content (AvgIpc) is 3.41. The number of carbonyl (C=O) groups is 2. The summed E-state index contributed by atoms with van der Waals surface area (Å²) in [5, 5.41) is 14.9. The molecule has 0 radical (unpaired) electrons. The van der Waals surface area contributed by atoms with Crippen LogP contribution in [0, 0.1) is 13.8 Å². The zero-order chi connectivity index (χ0) is 23.7. The summed E-state index contributed by atoms with van der Waals surface area (Å²) in [6.07, 6.45) is 3.73. The van der Waals surface area contributed by atoms with Crippen LogP contribution in [-0.4, -0.2) is 38.5 Å². The van der Waals surface area contributed by atoms with Crippen molar-refractivity contribution in [1.29, 1.82) is 0 Å². The van der Waals surface area contributed by atoms with Gasteiger partial charge in [-0.3, -0.25) is 4.79 Å². The molecule has 7 nitrogen and oxygen atoms in total. The van der Waals surface area contributed by atoms with Crippen molar-refractivity contribution in [2.75, 3.05) is 11.1 Å². The zero-order valence-electron chi connectivity index (χ0n) is 19.5. The van der Waals surface area contributed by atoms with Crippen LogP contribution in [0.3, 0.4) is 0 Å². The number of hydrogen-bond donors (Lipinski definition) is 1. The largest absolute Gasteiger partial charge is 0.459 e. The quantitative estimate of drug-likeness (QED) is 0.343. The highest BCUT2D eigenvalue weighted by molar-refractivity contribution is 7.99. The van der Waals surface area contributed by atoms with Gasteiger partial charge in [-0.1, -0.05) is 11.8 Å². The number of hydrogen-bond acceptors (Lipinski definition) is 8. The molecule has 10 heteroatoms. The highest BCUT2D eigenvalue weighted by Gasteiger charge is 2.28. The number of ether oxygens (including phenoxy) is 1. The number of rotatable bonds is 7. The molecule has 3 aromatic rings. The molecule has 176 valence electrons. The Morgan fingerprint density at radius 1 is 1.24 bits per heavy atom. The van der Waals surface area contributed by atoms with E-state index in [1.807, 2.05) is 25.5 Å². The SMILES string of the molecule is Cc1scc(-c2nnc(SCC(=O)Nc3sc4c(c3C(=O)OC(C)C)CCCC4)n2C)c1C. The molecule has 0 unspecified atom stereocenters. The second-order valence-corrected chi connectivity index (χ2v) is 11.5. The third-order valence-electron chi connectivity index (χ3n) is 5.66. The number of anilines is 1. The summed E-state index contributed by atoms with van der Waals surface area (Å²) >= 11 is 4.53. The minimum atomic E-state index is -0.355. The summed E-state index contributed by atoms with van der Waals surface area (Å²) in [4.78, 5) is 28.0. The van der Waals surface area contributed by atoms with Gasteiger partial charge in [-0.25, -0.2) is 4.79 Å². The molecule has 0 saturated heterocycles. The Kier molecular flexibility index (Phi) is 7.25. The number of aryl methyl sites for hydroxylation is 2. The number of amides is 1. The lowest BCUT2D eigenvalue weighted by Crippen LogP contribution is -2.19. The molecular weight excluding hydrogens is 476 g/mol. The van der Waals surface area contributed by atoms with Crippen LogP contribution in [0.2, 0.25) is 0 Å². The van der Waals surface area contributed by atoms with Gasteiger partial charge in [0.15, 0.2) is 11.0 Å². The van der Waals surface area contributed by atoms with E-state index < -0.39 is 0 Å². The Morgan fingerprint density at radius 2 is 2.00 bits per heavy atom. The summed E-state index contributed by atoms with van der Waals surface area (Å²) in [5.74, 6) is 0.440. The van der Waals surface area contributed by atoms with E-state index in [0.29, 0.717) is 15.7 Å². The van der Waals surface area contributed by atoms with Gasteiger partial charge >= 0.3 is 5.97 Å². The molecule has 0 spiro atoms. The van der Waals surface area contributed by atoms with E-state index in [4.69, 9.17) is 4.74 Å². The second kappa shape index (κ2) is 9.99. The predicted octanol–water partition coefficient (Wildman–Crippen LogP) is 5.40. The molecule has 4 rings (SSSR count). The summed E-state index contributed by atoms with van der Waals surface area (Å²) in [5.41, 5.74) is 3.85. The molecule has 0 aliphatic heterocycles. The fraction of sp³-hybridized carbons (Fsp3) is 0.478. The van der Waals surface area contributed by atoms with Gasteiger partial charge in [0, 0.05) is 27.7 Å². The molecule has 1 amide bonds. The topological polar surface area (TPSA) is 86.1 Å². The number of thiophene rings is 2. The van der Waals surface area contributed by atoms with Crippen molar-refractivity contribution < 1.29 is 14.3 Å². The number of nitrogens with zero attached hydrogens (tertiary/aromatic N) is 3. The zero-order valence-corrected chi connectivity index (χ0v) is 21.9. The molecule has 1 aliphatic rings. The van der Waals surface area contributed by atoms with Crippen LogP contribution in [0.5, 0.6) is 0 Å². The highest BCUT2D eigenvalue weighted by Crippen LogP contribution is 2.39. The molecule has 1 aliphatic carbocycles. The van der Waals surface area contributed by atoms with Crippen LogP contribution in [-0.2, 0) is 29.4 Å². The molecule has 0 aromatic carbocycles. The minimum absolute atomic E-state index is 0.175. The minimum Gasteiger partial charge on any atom is -0.459 e. The summed E-state index contributed by atoms with van der Waals surface area (Å²) in [6.45, 7) is 7.84. The molecule has 1 N–H and O–H groups in total. The number of carbonyl (C=O) groups excluding carboxylic acids is 2. The molecule has 3 aromatic heterocycles. The van der Waals surface area contributed by atoms with Gasteiger partial charge in [0.1, 0.15) is 5.00 Å². The Hall–Kier alpha value is -2.17. The third-order valence-corrected chi connectivity index (χ3v) is 8.91.